The molecule has 0 aliphatic heterocycles. The molecule has 0 bridgehead atoms. The third kappa shape index (κ3) is 21.7. The largest absolute Gasteiger partial charge is 2.00 e. The molecule has 0 spiro atoms. The van der Waals surface area contributed by atoms with Crippen molar-refractivity contribution in [3.63, 3.8) is 0 Å². The smallest absolute Gasteiger partial charge is 1.00 e. The number of aliphatic carboxylic acids is 2. The summed E-state index contributed by atoms with van der Waals surface area (Å²) in [6.07, 6.45) is 16.3. The fraction of sp³-hybridized carbons (Fsp3) is 0.864. The molecule has 0 amide bonds. The molecule has 2 N–H and O–H groups in total. The van der Waals surface area contributed by atoms with Gasteiger partial charge in [0.2, 0.25) is 6.10 Å². The summed E-state index contributed by atoms with van der Waals surface area (Å²) >= 11 is 0. The first kappa shape index (κ1) is 30.4. The van der Waals surface area contributed by atoms with Gasteiger partial charge in [0.05, 0.1) is 6.42 Å². The normalized spacial score (nSPS) is 11.5. The van der Waals surface area contributed by atoms with Crippen LogP contribution in [0.4, 0.5) is 0 Å². The van der Waals surface area contributed by atoms with E-state index < -0.39 is 30.4 Å². The summed E-state index contributed by atoms with van der Waals surface area (Å²) in [5.41, 5.74) is 0. The van der Waals surface area contributed by atoms with Crippen LogP contribution in [-0.4, -0.2) is 57.3 Å². The van der Waals surface area contributed by atoms with Crippen LogP contribution in [0.1, 0.15) is 119 Å². The second-order valence-electron chi connectivity index (χ2n) is 7.61. The molecule has 0 heterocycles. The molecule has 29 heavy (non-hydrogen) atoms. The van der Waals surface area contributed by atoms with Gasteiger partial charge in [0.15, 0.2) is 0 Å². The first-order valence-electron chi connectivity index (χ1n) is 11.1. The van der Waals surface area contributed by atoms with E-state index in [0.717, 1.165) is 19.3 Å². The van der Waals surface area contributed by atoms with E-state index in [2.05, 4.69) is 6.92 Å². The molecule has 168 valence electrons. The van der Waals surface area contributed by atoms with Gasteiger partial charge in [-0.05, 0) is 6.42 Å². The molecule has 0 aliphatic carbocycles. The Morgan fingerprint density at radius 2 is 1.10 bits per heavy atom. The summed E-state index contributed by atoms with van der Waals surface area (Å²) < 4.78 is 4.72. The first-order chi connectivity index (χ1) is 13.5. The summed E-state index contributed by atoms with van der Waals surface area (Å²) in [5, 5.41) is 17.4. The van der Waals surface area contributed by atoms with Gasteiger partial charge in [-0.15, -0.1) is 0 Å². The van der Waals surface area contributed by atoms with Crippen LogP contribution in [0.5, 0.6) is 0 Å². The van der Waals surface area contributed by atoms with Crippen LogP contribution in [0, 0.1) is 0 Å². The van der Waals surface area contributed by atoms with Gasteiger partial charge < -0.3 is 17.8 Å². The third-order valence-electron chi connectivity index (χ3n) is 4.89. The molecule has 0 fully saturated rings. The van der Waals surface area contributed by atoms with Gasteiger partial charge in [-0.1, -0.05) is 96.8 Å². The van der Waals surface area contributed by atoms with Gasteiger partial charge in [0.1, 0.15) is 0 Å². The van der Waals surface area contributed by atoms with Crippen LogP contribution in [-0.2, 0) is 19.1 Å². The van der Waals surface area contributed by atoms with Crippen LogP contribution in [0.15, 0.2) is 0 Å². The number of rotatable bonds is 20. The molecule has 0 saturated heterocycles. The fourth-order valence-electron chi connectivity index (χ4n) is 3.20. The van der Waals surface area contributed by atoms with E-state index in [1.807, 2.05) is 0 Å². The van der Waals surface area contributed by atoms with Crippen LogP contribution in [0.25, 0.3) is 0 Å². The van der Waals surface area contributed by atoms with Crippen molar-refractivity contribution in [1.29, 1.82) is 0 Å². The Hall–Kier alpha value is -0.824. The van der Waals surface area contributed by atoms with Crippen molar-refractivity contribution in [2.45, 2.75) is 122 Å². The number of carbonyl (C=O) groups excluding carboxylic acids is 1. The average molecular weight is 427 g/mol. The fourth-order valence-corrected chi connectivity index (χ4v) is 3.20. The topological polar surface area (TPSA) is 101 Å². The second-order valence-corrected chi connectivity index (χ2v) is 7.61. The quantitative estimate of drug-likeness (QED) is 0.150. The van der Waals surface area contributed by atoms with Gasteiger partial charge in [-0.25, -0.2) is 4.79 Å². The standard InChI is InChI=1S/C22H40O6.Mg.2H/c1-2-3-4-5-6-7-8-9-10-11-12-13-14-15-16-17-21(25)28-19(22(26)27)18-20(23)24;;;/h19H,2-18H2,1H3,(H,23,24)(H,26,27);;;/q;+2;2*-1. The molecule has 0 aromatic rings. The van der Waals surface area contributed by atoms with Crippen LogP contribution >= 0.6 is 0 Å². The summed E-state index contributed by atoms with van der Waals surface area (Å²) in [7, 11) is 0. The zero-order chi connectivity index (χ0) is 21.0. The SMILES string of the molecule is CCCCCCCCCCCCCCCCCC(=O)OC(CC(=O)O)C(=O)O.[H-].[H-].[Mg+2]. The molecule has 0 radical (unpaired) electrons. The van der Waals surface area contributed by atoms with Gasteiger partial charge in [0.25, 0.3) is 0 Å². The van der Waals surface area contributed by atoms with E-state index in [0.29, 0.717) is 6.42 Å². The predicted molar refractivity (Wildman–Crippen MR) is 117 cm³/mol. The Kier molecular flexibility index (Phi) is 22.9. The van der Waals surface area contributed by atoms with E-state index in [9.17, 15) is 14.4 Å². The Labute approximate surface area is 195 Å². The number of carboxylic acid groups (broad SMARTS) is 2. The van der Waals surface area contributed by atoms with Crippen molar-refractivity contribution in [3.8, 4) is 0 Å². The molecule has 0 rings (SSSR count). The average Bonchev–Trinajstić information content (AvgIpc) is 2.64. The molecule has 0 saturated carbocycles. The Morgan fingerprint density at radius 1 is 0.724 bits per heavy atom. The molecule has 0 aromatic heterocycles. The monoisotopic (exact) mass is 426 g/mol. The van der Waals surface area contributed by atoms with Crippen LogP contribution in [0.2, 0.25) is 0 Å². The van der Waals surface area contributed by atoms with Gasteiger partial charge in [-0.2, -0.15) is 0 Å². The minimum atomic E-state index is -1.60. The number of carboxylic acids is 2. The molecule has 7 heteroatoms. The van der Waals surface area contributed by atoms with Crippen molar-refractivity contribution in [3.05, 3.63) is 0 Å². The summed E-state index contributed by atoms with van der Waals surface area (Å²) in [5.74, 6) is -3.36. The summed E-state index contributed by atoms with van der Waals surface area (Å²) in [4.78, 5) is 33.0. The molecule has 1 unspecified atom stereocenters. The number of unbranched alkanes of at least 4 members (excludes halogenated alkanes) is 14. The second kappa shape index (κ2) is 21.9. The Balaban J connectivity index is -0.00000121. The van der Waals surface area contributed by atoms with Crippen molar-refractivity contribution in [2.75, 3.05) is 0 Å². The van der Waals surface area contributed by atoms with E-state index in [4.69, 9.17) is 14.9 Å². The van der Waals surface area contributed by atoms with Crippen molar-refractivity contribution < 1.29 is 32.2 Å². The Bertz CT molecular complexity index is 438. The third-order valence-corrected chi connectivity index (χ3v) is 4.89. The van der Waals surface area contributed by atoms with Crippen molar-refractivity contribution >= 4 is 41.0 Å². The maximum Gasteiger partial charge on any atom is 2.00 e. The Morgan fingerprint density at radius 3 is 1.45 bits per heavy atom. The molecule has 0 aliphatic rings. The molecule has 6 nitrogen and oxygen atoms in total. The molecule has 0 aromatic carbocycles. The maximum absolute atomic E-state index is 11.6. The zero-order valence-corrected chi connectivity index (χ0v) is 19.7. The minimum Gasteiger partial charge on any atom is -1.00 e. The van der Waals surface area contributed by atoms with Crippen molar-refractivity contribution in [2.24, 2.45) is 0 Å². The summed E-state index contributed by atoms with van der Waals surface area (Å²) in [6.45, 7) is 2.25. The van der Waals surface area contributed by atoms with Crippen LogP contribution < -0.4 is 0 Å². The van der Waals surface area contributed by atoms with Gasteiger partial charge >= 0.3 is 41.0 Å². The zero-order valence-electron chi connectivity index (χ0n) is 20.3. The molecular weight excluding hydrogens is 385 g/mol. The van der Waals surface area contributed by atoms with E-state index in [1.54, 1.807) is 0 Å². The molecular formula is C22H42MgO6. The first-order valence-corrected chi connectivity index (χ1v) is 11.1. The number of ether oxygens (including phenoxy) is 1. The van der Waals surface area contributed by atoms with Crippen molar-refractivity contribution in [1.82, 2.24) is 0 Å². The number of hydrogen-bond acceptors (Lipinski definition) is 4. The van der Waals surface area contributed by atoms with E-state index >= 15 is 0 Å². The van der Waals surface area contributed by atoms with E-state index in [1.165, 1.54) is 70.6 Å². The summed E-state index contributed by atoms with van der Waals surface area (Å²) in [6, 6.07) is 0. The minimum absolute atomic E-state index is 0. The number of carbonyl (C=O) groups is 3. The molecule has 1 atom stereocenters. The number of hydrogen-bond donors (Lipinski definition) is 2. The number of esters is 1. The maximum atomic E-state index is 11.6. The van der Waals surface area contributed by atoms with Crippen LogP contribution in [0.3, 0.4) is 0 Å². The van der Waals surface area contributed by atoms with Gasteiger partial charge in [-0.3, -0.25) is 9.59 Å². The predicted octanol–water partition coefficient (Wildman–Crippen LogP) is 5.56. The van der Waals surface area contributed by atoms with E-state index in [-0.39, 0.29) is 32.3 Å². The van der Waals surface area contributed by atoms with Gasteiger partial charge in [0, 0.05) is 6.42 Å².